The van der Waals surface area contributed by atoms with Crippen molar-refractivity contribution in [1.82, 2.24) is 9.78 Å². The van der Waals surface area contributed by atoms with Crippen LogP contribution in [-0.4, -0.2) is 54.1 Å². The maximum absolute atomic E-state index is 13.2. The summed E-state index contributed by atoms with van der Waals surface area (Å²) in [7, 11) is 0. The molecule has 1 N–H and O–H groups in total. The number of benzene rings is 3. The Hall–Kier alpha value is -4.43. The summed E-state index contributed by atoms with van der Waals surface area (Å²) >= 11 is 0. The molecule has 4 aromatic rings. The van der Waals surface area contributed by atoms with Gasteiger partial charge in [-0.1, -0.05) is 48.5 Å². The Morgan fingerprint density at radius 3 is 2.22 bits per heavy atom. The van der Waals surface area contributed by atoms with Gasteiger partial charge >= 0.3 is 5.97 Å². The highest BCUT2D eigenvalue weighted by Crippen LogP contribution is 2.25. The second-order valence-corrected chi connectivity index (χ2v) is 8.72. The molecule has 1 saturated heterocycles. The van der Waals surface area contributed by atoms with E-state index in [0.29, 0.717) is 24.6 Å². The first-order valence-corrected chi connectivity index (χ1v) is 12.2. The monoisotopic (exact) mass is 496 g/mol. The zero-order chi connectivity index (χ0) is 25.6. The average molecular weight is 497 g/mol. The second-order valence-electron chi connectivity index (χ2n) is 8.72. The zero-order valence-electron chi connectivity index (χ0n) is 20.5. The fraction of sp³-hybridized carbons (Fsp3) is 0.207. The molecule has 5 rings (SSSR count). The Labute approximate surface area is 215 Å². The van der Waals surface area contributed by atoms with Crippen molar-refractivity contribution in [2.75, 3.05) is 36.5 Å². The van der Waals surface area contributed by atoms with Gasteiger partial charge in [-0.15, -0.1) is 0 Å². The predicted octanol–water partition coefficient (Wildman–Crippen LogP) is 4.56. The van der Waals surface area contributed by atoms with Crippen molar-refractivity contribution in [3.8, 4) is 16.9 Å². The fourth-order valence-corrected chi connectivity index (χ4v) is 4.14. The van der Waals surface area contributed by atoms with Crippen molar-refractivity contribution in [3.63, 3.8) is 0 Å². The van der Waals surface area contributed by atoms with Crippen molar-refractivity contribution in [2.45, 2.75) is 13.0 Å². The summed E-state index contributed by atoms with van der Waals surface area (Å²) in [4.78, 5) is 28.2. The molecule has 8 heteroatoms. The number of nitrogens with zero attached hydrogens (tertiary/aromatic N) is 3. The van der Waals surface area contributed by atoms with Gasteiger partial charge in [0.1, 0.15) is 11.3 Å². The summed E-state index contributed by atoms with van der Waals surface area (Å²) in [6, 6.07) is 26.5. The van der Waals surface area contributed by atoms with Crippen molar-refractivity contribution in [3.05, 3.63) is 96.7 Å². The summed E-state index contributed by atoms with van der Waals surface area (Å²) in [5.41, 5.74) is 4.06. The summed E-state index contributed by atoms with van der Waals surface area (Å²) in [6.45, 7) is 4.64. The van der Waals surface area contributed by atoms with Crippen LogP contribution in [0.15, 0.2) is 91.1 Å². The molecule has 0 aliphatic carbocycles. The van der Waals surface area contributed by atoms with E-state index in [4.69, 9.17) is 9.47 Å². The number of morpholine rings is 1. The molecule has 2 heterocycles. The van der Waals surface area contributed by atoms with Crippen LogP contribution in [0.5, 0.6) is 0 Å². The number of hydrogen-bond donors (Lipinski definition) is 1. The van der Waals surface area contributed by atoms with Crippen LogP contribution < -0.4 is 10.2 Å². The second kappa shape index (κ2) is 11.1. The molecular formula is C29H28N4O4. The third-order valence-corrected chi connectivity index (χ3v) is 6.17. The highest BCUT2D eigenvalue weighted by atomic mass is 16.5. The van der Waals surface area contributed by atoms with E-state index in [1.807, 2.05) is 84.9 Å². The lowest BCUT2D eigenvalue weighted by Crippen LogP contribution is -2.36. The Bertz CT molecular complexity index is 1350. The van der Waals surface area contributed by atoms with E-state index in [1.54, 1.807) is 17.8 Å². The van der Waals surface area contributed by atoms with E-state index < -0.39 is 18.0 Å². The number of carbonyl (C=O) groups is 2. The topological polar surface area (TPSA) is 85.7 Å². The first-order chi connectivity index (χ1) is 18.1. The number of rotatable bonds is 7. The molecule has 188 valence electrons. The first kappa shape index (κ1) is 24.3. The van der Waals surface area contributed by atoms with E-state index in [-0.39, 0.29) is 5.56 Å². The minimum absolute atomic E-state index is 0.282. The number of nitrogens with one attached hydrogen (secondary N) is 1. The molecule has 1 aliphatic heterocycles. The van der Waals surface area contributed by atoms with Gasteiger partial charge in [0, 0.05) is 36.2 Å². The normalized spacial score (nSPS) is 14.1. The molecule has 0 bridgehead atoms. The van der Waals surface area contributed by atoms with Crippen molar-refractivity contribution in [2.24, 2.45) is 0 Å². The largest absolute Gasteiger partial charge is 0.449 e. The molecule has 1 aliphatic rings. The SMILES string of the molecule is CC(OC(=O)c1cn(-c2ccccc2)nc1-c1ccccc1)C(=O)Nc1ccc(N2CCOCC2)cc1. The zero-order valence-corrected chi connectivity index (χ0v) is 20.5. The molecule has 1 unspecified atom stereocenters. The van der Waals surface area contributed by atoms with Crippen LogP contribution >= 0.6 is 0 Å². The summed E-state index contributed by atoms with van der Waals surface area (Å²) in [5, 5.41) is 7.47. The lowest BCUT2D eigenvalue weighted by atomic mass is 10.1. The molecule has 8 nitrogen and oxygen atoms in total. The van der Waals surface area contributed by atoms with Gasteiger partial charge in [0.15, 0.2) is 6.10 Å². The van der Waals surface area contributed by atoms with E-state index in [0.717, 1.165) is 30.0 Å². The Balaban J connectivity index is 1.29. The Morgan fingerprint density at radius 2 is 1.54 bits per heavy atom. The van der Waals surface area contributed by atoms with Crippen LogP contribution in [0.25, 0.3) is 16.9 Å². The van der Waals surface area contributed by atoms with Gasteiger partial charge in [0.25, 0.3) is 5.91 Å². The van der Waals surface area contributed by atoms with E-state index in [1.165, 1.54) is 0 Å². The number of anilines is 2. The number of esters is 1. The number of aromatic nitrogens is 2. The fourth-order valence-electron chi connectivity index (χ4n) is 4.14. The maximum Gasteiger partial charge on any atom is 0.342 e. The van der Waals surface area contributed by atoms with Gasteiger partial charge in [-0.2, -0.15) is 5.10 Å². The van der Waals surface area contributed by atoms with Crippen LogP contribution in [0.4, 0.5) is 11.4 Å². The highest BCUT2D eigenvalue weighted by Gasteiger charge is 2.24. The van der Waals surface area contributed by atoms with E-state index in [9.17, 15) is 9.59 Å². The Kier molecular flexibility index (Phi) is 7.28. The summed E-state index contributed by atoms with van der Waals surface area (Å²) < 4.78 is 12.6. The van der Waals surface area contributed by atoms with E-state index in [2.05, 4.69) is 15.3 Å². The van der Waals surface area contributed by atoms with Gasteiger partial charge in [0.2, 0.25) is 0 Å². The minimum Gasteiger partial charge on any atom is -0.449 e. The van der Waals surface area contributed by atoms with Gasteiger partial charge in [-0.25, -0.2) is 9.48 Å². The third-order valence-electron chi connectivity index (χ3n) is 6.17. The molecule has 0 radical (unpaired) electrons. The van der Waals surface area contributed by atoms with Crippen LogP contribution in [0.2, 0.25) is 0 Å². The molecule has 1 amide bonds. The van der Waals surface area contributed by atoms with Crippen LogP contribution in [0, 0.1) is 0 Å². The number of carbonyl (C=O) groups excluding carboxylic acids is 2. The quantitative estimate of drug-likeness (QED) is 0.378. The minimum atomic E-state index is -1.00. The van der Waals surface area contributed by atoms with Gasteiger partial charge in [-0.05, 0) is 43.3 Å². The lowest BCUT2D eigenvalue weighted by molar-refractivity contribution is -0.123. The molecule has 1 aromatic heterocycles. The highest BCUT2D eigenvalue weighted by molar-refractivity contribution is 6.00. The smallest absolute Gasteiger partial charge is 0.342 e. The van der Waals surface area contributed by atoms with Gasteiger partial charge < -0.3 is 19.7 Å². The van der Waals surface area contributed by atoms with Crippen LogP contribution in [-0.2, 0) is 14.3 Å². The summed E-state index contributed by atoms with van der Waals surface area (Å²) in [6.07, 6.45) is 0.629. The van der Waals surface area contributed by atoms with Crippen molar-refractivity contribution in [1.29, 1.82) is 0 Å². The average Bonchev–Trinajstić information content (AvgIpc) is 3.41. The molecular weight excluding hydrogens is 468 g/mol. The lowest BCUT2D eigenvalue weighted by Gasteiger charge is -2.28. The molecule has 37 heavy (non-hydrogen) atoms. The molecule has 0 spiro atoms. The van der Waals surface area contributed by atoms with Crippen molar-refractivity contribution < 1.29 is 19.1 Å². The standard InChI is InChI=1S/C29H28N4O4/c1-21(28(34)30-23-12-14-24(15-13-23)32-16-18-36-19-17-32)37-29(35)26-20-33(25-10-6-3-7-11-25)31-27(26)22-8-4-2-5-9-22/h2-15,20-21H,16-19H2,1H3,(H,30,34). The first-order valence-electron chi connectivity index (χ1n) is 12.2. The molecule has 3 aromatic carbocycles. The van der Waals surface area contributed by atoms with Gasteiger partial charge in [-0.3, -0.25) is 4.79 Å². The number of ether oxygens (including phenoxy) is 2. The maximum atomic E-state index is 13.2. The molecule has 1 atom stereocenters. The van der Waals surface area contributed by atoms with Crippen LogP contribution in [0.1, 0.15) is 17.3 Å². The third kappa shape index (κ3) is 5.70. The van der Waals surface area contributed by atoms with E-state index >= 15 is 0 Å². The molecule has 1 fully saturated rings. The summed E-state index contributed by atoms with van der Waals surface area (Å²) in [5.74, 6) is -1.03. The number of para-hydroxylation sites is 1. The Morgan fingerprint density at radius 1 is 0.892 bits per heavy atom. The van der Waals surface area contributed by atoms with Crippen molar-refractivity contribution >= 4 is 23.3 Å². The van der Waals surface area contributed by atoms with Crippen LogP contribution in [0.3, 0.4) is 0 Å². The number of amides is 1. The predicted molar refractivity (Wildman–Crippen MR) is 142 cm³/mol. The molecule has 0 saturated carbocycles. The van der Waals surface area contributed by atoms with Gasteiger partial charge in [0.05, 0.1) is 18.9 Å². The number of hydrogen-bond acceptors (Lipinski definition) is 6.